The summed E-state index contributed by atoms with van der Waals surface area (Å²) in [7, 11) is 0. The molecule has 2 aromatic rings. The minimum atomic E-state index is 0. The van der Waals surface area contributed by atoms with E-state index in [1.165, 1.54) is 0 Å². The second-order valence-electron chi connectivity index (χ2n) is 8.13. The number of hydrogen-bond donors (Lipinski definition) is 2. The van der Waals surface area contributed by atoms with Crippen LogP contribution < -0.4 is 10.6 Å². The predicted octanol–water partition coefficient (Wildman–Crippen LogP) is 2.81. The van der Waals surface area contributed by atoms with Gasteiger partial charge in [0.25, 0.3) is 0 Å². The Bertz CT molecular complexity index is 892. The Labute approximate surface area is 201 Å². The van der Waals surface area contributed by atoms with Crippen LogP contribution in [-0.2, 0) is 11.3 Å². The number of aryl methyl sites for hydroxylation is 2. The van der Waals surface area contributed by atoms with Crippen molar-refractivity contribution in [3.8, 4) is 5.82 Å². The van der Waals surface area contributed by atoms with E-state index in [-0.39, 0.29) is 41.8 Å². The van der Waals surface area contributed by atoms with Crippen molar-refractivity contribution < 1.29 is 4.79 Å². The van der Waals surface area contributed by atoms with Crippen molar-refractivity contribution in [1.82, 2.24) is 30.3 Å². The fraction of sp³-hybridized carbons (Fsp3) is 0.545. The minimum Gasteiger partial charge on any atom is -0.357 e. The zero-order chi connectivity index (χ0) is 21.7. The van der Waals surface area contributed by atoms with E-state index in [1.54, 1.807) is 0 Å². The molecule has 170 valence electrons. The summed E-state index contributed by atoms with van der Waals surface area (Å²) in [6.45, 7) is 12.8. The molecule has 3 heterocycles. The van der Waals surface area contributed by atoms with Crippen molar-refractivity contribution in [2.45, 2.75) is 53.6 Å². The van der Waals surface area contributed by atoms with Gasteiger partial charge in [-0.2, -0.15) is 5.10 Å². The minimum absolute atomic E-state index is 0. The first-order chi connectivity index (χ1) is 14.4. The molecule has 9 heteroatoms. The number of nitrogens with zero attached hydrogens (tertiary/aromatic N) is 5. The van der Waals surface area contributed by atoms with Crippen molar-refractivity contribution in [2.75, 3.05) is 19.6 Å². The highest BCUT2D eigenvalue weighted by molar-refractivity contribution is 14.0. The van der Waals surface area contributed by atoms with Crippen molar-refractivity contribution in [3.05, 3.63) is 41.3 Å². The van der Waals surface area contributed by atoms with Crippen LogP contribution >= 0.6 is 24.0 Å². The molecule has 8 nitrogen and oxygen atoms in total. The first-order valence-electron chi connectivity index (χ1n) is 10.7. The van der Waals surface area contributed by atoms with Gasteiger partial charge in [0.15, 0.2) is 11.8 Å². The molecular weight excluding hydrogens is 505 g/mol. The van der Waals surface area contributed by atoms with Crippen LogP contribution in [0.3, 0.4) is 0 Å². The molecule has 1 aliphatic rings. The van der Waals surface area contributed by atoms with Gasteiger partial charge in [-0.05, 0) is 44.9 Å². The zero-order valence-electron chi connectivity index (χ0n) is 19.1. The third-order valence-corrected chi connectivity index (χ3v) is 5.13. The second kappa shape index (κ2) is 11.4. The van der Waals surface area contributed by atoms with Gasteiger partial charge in [0, 0.05) is 43.5 Å². The van der Waals surface area contributed by atoms with E-state index in [0.717, 1.165) is 54.8 Å². The average Bonchev–Trinajstić information content (AvgIpc) is 3.32. The quantitative estimate of drug-likeness (QED) is 0.335. The monoisotopic (exact) mass is 539 g/mol. The average molecular weight is 539 g/mol. The molecule has 0 radical (unpaired) electrons. The SMILES string of the molecule is CCNC(=NCc1ccc(-n2nc(C)cc2C)nc1)NC1CCN(C(=O)C(C)C)C1.I. The van der Waals surface area contributed by atoms with Crippen LogP contribution in [0.15, 0.2) is 29.4 Å². The van der Waals surface area contributed by atoms with Crippen LogP contribution in [0.25, 0.3) is 5.82 Å². The number of guanidine groups is 1. The molecule has 2 N–H and O–H groups in total. The number of likely N-dealkylation sites (tertiary alicyclic amines) is 1. The first kappa shape index (κ1) is 25.1. The Morgan fingerprint density at radius 2 is 2.10 bits per heavy atom. The number of rotatable bonds is 6. The van der Waals surface area contributed by atoms with Crippen molar-refractivity contribution >= 4 is 35.8 Å². The summed E-state index contributed by atoms with van der Waals surface area (Å²) in [5, 5.41) is 11.2. The van der Waals surface area contributed by atoms with Crippen LogP contribution in [0.4, 0.5) is 0 Å². The summed E-state index contributed by atoms with van der Waals surface area (Å²) in [5.74, 6) is 1.83. The fourth-order valence-corrected chi connectivity index (χ4v) is 3.62. The molecule has 1 aliphatic heterocycles. The number of halogens is 1. The van der Waals surface area contributed by atoms with Crippen LogP contribution in [0.1, 0.15) is 44.1 Å². The largest absolute Gasteiger partial charge is 0.357 e. The standard InChI is InChI=1S/C22H33N7O.HI/c1-6-23-22(26-19-9-10-28(14-19)21(30)15(2)3)25-13-18-7-8-20(24-12-18)29-17(5)11-16(4)27-29;/h7-8,11-12,15,19H,6,9-10,13-14H2,1-5H3,(H2,23,25,26);1H. The molecule has 1 atom stereocenters. The molecule has 0 spiro atoms. The Hall–Kier alpha value is -2.17. The van der Waals surface area contributed by atoms with Gasteiger partial charge in [0.1, 0.15) is 0 Å². The lowest BCUT2D eigenvalue weighted by Crippen LogP contribution is -2.45. The van der Waals surface area contributed by atoms with E-state index in [0.29, 0.717) is 6.54 Å². The van der Waals surface area contributed by atoms with Gasteiger partial charge in [-0.25, -0.2) is 14.7 Å². The highest BCUT2D eigenvalue weighted by Gasteiger charge is 2.27. The molecule has 3 rings (SSSR count). The Morgan fingerprint density at radius 1 is 1.32 bits per heavy atom. The molecule has 0 aromatic carbocycles. The number of aliphatic imine (C=N–C) groups is 1. The van der Waals surface area contributed by atoms with E-state index in [9.17, 15) is 4.79 Å². The van der Waals surface area contributed by atoms with Gasteiger partial charge in [0.2, 0.25) is 5.91 Å². The number of nitrogens with one attached hydrogen (secondary N) is 2. The smallest absolute Gasteiger partial charge is 0.225 e. The normalized spacial score (nSPS) is 16.4. The van der Waals surface area contributed by atoms with Gasteiger partial charge in [0.05, 0.1) is 12.2 Å². The molecule has 31 heavy (non-hydrogen) atoms. The molecular formula is C22H34IN7O. The van der Waals surface area contributed by atoms with E-state index >= 15 is 0 Å². The van der Waals surface area contributed by atoms with Crippen molar-refractivity contribution in [2.24, 2.45) is 10.9 Å². The molecule has 1 unspecified atom stereocenters. The number of aromatic nitrogens is 3. The second-order valence-corrected chi connectivity index (χ2v) is 8.13. The van der Waals surface area contributed by atoms with Crippen LogP contribution in [0, 0.1) is 19.8 Å². The van der Waals surface area contributed by atoms with E-state index in [2.05, 4.69) is 20.7 Å². The number of pyridine rings is 1. The summed E-state index contributed by atoms with van der Waals surface area (Å²) in [6.07, 6.45) is 2.78. The highest BCUT2D eigenvalue weighted by atomic mass is 127. The van der Waals surface area contributed by atoms with E-state index in [1.807, 2.05) is 68.6 Å². The van der Waals surface area contributed by atoms with Crippen LogP contribution in [-0.4, -0.2) is 57.2 Å². The number of carbonyl (C=O) groups excluding carboxylic acids is 1. The van der Waals surface area contributed by atoms with Crippen molar-refractivity contribution in [3.63, 3.8) is 0 Å². The van der Waals surface area contributed by atoms with Gasteiger partial charge in [-0.3, -0.25) is 4.79 Å². The summed E-state index contributed by atoms with van der Waals surface area (Å²) in [6, 6.07) is 6.26. The summed E-state index contributed by atoms with van der Waals surface area (Å²) in [4.78, 5) is 23.4. The lowest BCUT2D eigenvalue weighted by Gasteiger charge is -2.20. The Kier molecular flexibility index (Phi) is 9.27. The maximum atomic E-state index is 12.2. The summed E-state index contributed by atoms with van der Waals surface area (Å²) < 4.78 is 1.85. The van der Waals surface area contributed by atoms with Gasteiger partial charge in [-0.15, -0.1) is 24.0 Å². The number of hydrogen-bond acceptors (Lipinski definition) is 4. The van der Waals surface area contributed by atoms with Gasteiger partial charge < -0.3 is 15.5 Å². The van der Waals surface area contributed by atoms with E-state index in [4.69, 9.17) is 4.99 Å². The van der Waals surface area contributed by atoms with Crippen molar-refractivity contribution in [1.29, 1.82) is 0 Å². The molecule has 2 aromatic heterocycles. The summed E-state index contributed by atoms with van der Waals surface area (Å²) >= 11 is 0. The van der Waals surface area contributed by atoms with E-state index < -0.39 is 0 Å². The predicted molar refractivity (Wildman–Crippen MR) is 134 cm³/mol. The van der Waals surface area contributed by atoms with Gasteiger partial charge in [-0.1, -0.05) is 19.9 Å². The lowest BCUT2D eigenvalue weighted by atomic mass is 10.2. The first-order valence-corrected chi connectivity index (χ1v) is 10.7. The lowest BCUT2D eigenvalue weighted by molar-refractivity contribution is -0.133. The van der Waals surface area contributed by atoms with Gasteiger partial charge >= 0.3 is 0 Å². The van der Waals surface area contributed by atoms with Crippen LogP contribution in [0.5, 0.6) is 0 Å². The molecule has 1 amide bonds. The summed E-state index contributed by atoms with van der Waals surface area (Å²) in [5.41, 5.74) is 3.07. The zero-order valence-corrected chi connectivity index (χ0v) is 21.4. The maximum absolute atomic E-state index is 12.2. The molecule has 1 fully saturated rings. The number of amides is 1. The Morgan fingerprint density at radius 3 is 2.68 bits per heavy atom. The molecule has 0 bridgehead atoms. The fourth-order valence-electron chi connectivity index (χ4n) is 3.62. The third-order valence-electron chi connectivity index (χ3n) is 5.13. The molecule has 1 saturated heterocycles. The topological polar surface area (TPSA) is 87.4 Å². The maximum Gasteiger partial charge on any atom is 0.225 e. The Balaban J connectivity index is 0.00000341. The molecule has 0 aliphatic carbocycles. The third kappa shape index (κ3) is 6.65. The molecule has 0 saturated carbocycles. The number of carbonyl (C=O) groups is 1. The van der Waals surface area contributed by atoms with Crippen LogP contribution in [0.2, 0.25) is 0 Å². The highest BCUT2D eigenvalue weighted by Crippen LogP contribution is 2.13.